The Morgan fingerprint density at radius 2 is 0.471 bits per heavy atom. The lowest BCUT2D eigenvalue weighted by Crippen LogP contribution is -2.30. The summed E-state index contributed by atoms with van der Waals surface area (Å²) >= 11 is 0. The van der Waals surface area contributed by atoms with E-state index < -0.39 is 97.5 Å². The first kappa shape index (κ1) is 100. The van der Waals surface area contributed by atoms with Crippen LogP contribution in [-0.2, 0) is 65.4 Å². The molecule has 0 aliphatic rings. The molecule has 6 atom stereocenters. The van der Waals surface area contributed by atoms with E-state index in [4.69, 9.17) is 37.0 Å². The van der Waals surface area contributed by atoms with Gasteiger partial charge in [0.2, 0.25) is 0 Å². The molecule has 102 heavy (non-hydrogen) atoms. The standard InChI is InChI=1S/C83H162O17P2/c1-9-76(8)62-54-46-38-29-23-16-13-14-17-24-30-39-47-55-63-80(85)93-69-78(99-82(87)65-57-49-41-31-25-18-12-10-11-15-21-27-35-43-51-59-73(2)3)71-97-101(89,90)95-67-77(84)68-96-102(91,92)98-72-79(70-94-81(86)64-56-48-40-34-33-37-45-53-61-75(6)7)100-83(88)66-58-50-42-32-26-20-19-22-28-36-44-52-60-74(4)5/h73-79,84H,9-72H2,1-8H3,(H,89,90)(H,91,92)/t76?,77-,78-,79-/m1/s1. The summed E-state index contributed by atoms with van der Waals surface area (Å²) in [6.07, 6.45) is 59.6. The number of ether oxygens (including phenoxy) is 4. The van der Waals surface area contributed by atoms with Gasteiger partial charge >= 0.3 is 39.5 Å². The zero-order chi connectivity index (χ0) is 75.3. The highest BCUT2D eigenvalue weighted by molar-refractivity contribution is 7.47. The molecule has 0 aromatic carbocycles. The Bertz CT molecular complexity index is 1990. The Morgan fingerprint density at radius 3 is 0.696 bits per heavy atom. The lowest BCUT2D eigenvalue weighted by molar-refractivity contribution is -0.161. The number of carbonyl (C=O) groups is 4. The van der Waals surface area contributed by atoms with Crippen LogP contribution in [-0.4, -0.2) is 96.7 Å². The van der Waals surface area contributed by atoms with Crippen molar-refractivity contribution in [2.75, 3.05) is 39.6 Å². The largest absolute Gasteiger partial charge is 0.472 e. The summed E-state index contributed by atoms with van der Waals surface area (Å²) in [6.45, 7) is 14.3. The molecular formula is C83H162O17P2. The molecule has 0 amide bonds. The summed E-state index contributed by atoms with van der Waals surface area (Å²) in [5.41, 5.74) is 0. The van der Waals surface area contributed by atoms with E-state index in [-0.39, 0.29) is 25.7 Å². The molecule has 0 aromatic heterocycles. The van der Waals surface area contributed by atoms with E-state index in [1.807, 2.05) is 0 Å². The van der Waals surface area contributed by atoms with Crippen LogP contribution in [0.4, 0.5) is 0 Å². The van der Waals surface area contributed by atoms with Crippen molar-refractivity contribution in [2.45, 2.75) is 446 Å². The molecule has 0 aromatic rings. The fourth-order valence-electron chi connectivity index (χ4n) is 12.8. The van der Waals surface area contributed by atoms with Gasteiger partial charge in [0.1, 0.15) is 19.3 Å². The minimum atomic E-state index is -4.96. The number of hydrogen-bond donors (Lipinski definition) is 3. The van der Waals surface area contributed by atoms with E-state index in [1.165, 1.54) is 231 Å². The molecule has 3 unspecified atom stereocenters. The highest BCUT2D eigenvalue weighted by Gasteiger charge is 2.30. The van der Waals surface area contributed by atoms with Gasteiger partial charge in [-0.3, -0.25) is 37.3 Å². The number of carbonyl (C=O) groups excluding carboxylic acids is 4. The average molecular weight is 1490 g/mol. The van der Waals surface area contributed by atoms with Gasteiger partial charge in [0.25, 0.3) is 0 Å². The van der Waals surface area contributed by atoms with E-state index in [0.717, 1.165) is 114 Å². The van der Waals surface area contributed by atoms with Crippen molar-refractivity contribution in [3.05, 3.63) is 0 Å². The van der Waals surface area contributed by atoms with Crippen LogP contribution in [0.5, 0.6) is 0 Å². The molecule has 19 heteroatoms. The van der Waals surface area contributed by atoms with Gasteiger partial charge in [0.05, 0.1) is 26.4 Å². The van der Waals surface area contributed by atoms with Gasteiger partial charge in [-0.1, -0.05) is 376 Å². The molecule has 0 aliphatic heterocycles. The van der Waals surface area contributed by atoms with Gasteiger partial charge < -0.3 is 33.8 Å². The van der Waals surface area contributed by atoms with Crippen molar-refractivity contribution in [3.63, 3.8) is 0 Å². The Morgan fingerprint density at radius 1 is 0.275 bits per heavy atom. The van der Waals surface area contributed by atoms with Crippen molar-refractivity contribution in [3.8, 4) is 0 Å². The van der Waals surface area contributed by atoms with Gasteiger partial charge in [-0.2, -0.15) is 0 Å². The summed E-state index contributed by atoms with van der Waals surface area (Å²) in [5.74, 6) is 1.04. The van der Waals surface area contributed by atoms with E-state index >= 15 is 0 Å². The molecule has 0 aliphatic carbocycles. The van der Waals surface area contributed by atoms with Crippen LogP contribution >= 0.6 is 15.6 Å². The number of phosphoric ester groups is 2. The Kier molecular flexibility index (Phi) is 70.6. The quantitative estimate of drug-likeness (QED) is 0.0222. The van der Waals surface area contributed by atoms with E-state index in [1.54, 1.807) is 0 Å². The predicted octanol–water partition coefficient (Wildman–Crippen LogP) is 24.8. The topological polar surface area (TPSA) is 237 Å². The molecule has 606 valence electrons. The number of rotatable bonds is 80. The minimum Gasteiger partial charge on any atom is -0.462 e. The SMILES string of the molecule is CCC(C)CCCCCCCCCCCCCCCCC(=O)OC[C@H](COP(=O)(O)OC[C@@H](O)COP(=O)(O)OC[C@@H](COC(=O)CCCCCCCCCCC(C)C)OC(=O)CCCCCCCCCCCCCCC(C)C)OC(=O)CCCCCCCCCCCCCCCCCC(C)C. The number of phosphoric acid groups is 2. The van der Waals surface area contributed by atoms with E-state index in [2.05, 4.69) is 55.4 Å². The Balaban J connectivity index is 5.26. The maximum Gasteiger partial charge on any atom is 0.472 e. The predicted molar refractivity (Wildman–Crippen MR) is 418 cm³/mol. The van der Waals surface area contributed by atoms with Crippen molar-refractivity contribution in [1.29, 1.82) is 0 Å². The summed E-state index contributed by atoms with van der Waals surface area (Å²) in [4.78, 5) is 73.1. The van der Waals surface area contributed by atoms with Crippen molar-refractivity contribution >= 4 is 39.5 Å². The maximum absolute atomic E-state index is 13.1. The number of unbranched alkanes of at least 4 members (excludes halogenated alkanes) is 45. The maximum atomic E-state index is 13.1. The first-order valence-corrected chi connectivity index (χ1v) is 45.7. The summed E-state index contributed by atoms with van der Waals surface area (Å²) < 4.78 is 68.8. The van der Waals surface area contributed by atoms with Gasteiger partial charge in [-0.15, -0.1) is 0 Å². The molecule has 17 nitrogen and oxygen atoms in total. The number of hydrogen-bond acceptors (Lipinski definition) is 15. The van der Waals surface area contributed by atoms with Crippen LogP contribution < -0.4 is 0 Å². The third kappa shape index (κ3) is 74.9. The number of esters is 4. The van der Waals surface area contributed by atoms with Crippen LogP contribution in [0.3, 0.4) is 0 Å². The molecule has 0 saturated carbocycles. The lowest BCUT2D eigenvalue weighted by atomic mass is 9.99. The van der Waals surface area contributed by atoms with Crippen LogP contribution in [0.15, 0.2) is 0 Å². The third-order valence-electron chi connectivity index (χ3n) is 19.7. The van der Waals surface area contributed by atoms with Gasteiger partial charge in [-0.05, 0) is 49.4 Å². The van der Waals surface area contributed by atoms with Gasteiger partial charge in [-0.25, -0.2) is 9.13 Å². The highest BCUT2D eigenvalue weighted by atomic mass is 31.2. The van der Waals surface area contributed by atoms with Gasteiger partial charge in [0, 0.05) is 25.7 Å². The first-order valence-electron chi connectivity index (χ1n) is 42.7. The average Bonchev–Trinajstić information content (AvgIpc) is 0.911. The van der Waals surface area contributed by atoms with Crippen LogP contribution in [0.1, 0.15) is 428 Å². The smallest absolute Gasteiger partial charge is 0.462 e. The summed E-state index contributed by atoms with van der Waals surface area (Å²) in [7, 11) is -9.93. The highest BCUT2D eigenvalue weighted by Crippen LogP contribution is 2.45. The fourth-order valence-corrected chi connectivity index (χ4v) is 14.3. The molecule has 0 bridgehead atoms. The van der Waals surface area contributed by atoms with E-state index in [9.17, 15) is 43.2 Å². The minimum absolute atomic E-state index is 0.106. The molecule has 0 rings (SSSR count). The molecule has 3 N–H and O–H groups in total. The third-order valence-corrected chi connectivity index (χ3v) is 21.6. The normalized spacial score (nSPS) is 14.3. The monoisotopic (exact) mass is 1490 g/mol. The van der Waals surface area contributed by atoms with Gasteiger partial charge in [0.15, 0.2) is 12.2 Å². The molecule has 0 saturated heterocycles. The Hall–Kier alpha value is -1.94. The lowest BCUT2D eigenvalue weighted by Gasteiger charge is -2.21. The zero-order valence-electron chi connectivity index (χ0n) is 67.2. The van der Waals surface area contributed by atoms with Crippen LogP contribution in [0, 0.1) is 23.7 Å². The molecular weight excluding hydrogens is 1330 g/mol. The summed E-state index contributed by atoms with van der Waals surface area (Å²) in [5, 5.41) is 10.7. The fraction of sp³-hybridized carbons (Fsp3) is 0.952. The first-order chi connectivity index (χ1) is 49.1. The number of aliphatic hydroxyl groups is 1. The van der Waals surface area contributed by atoms with Crippen molar-refractivity contribution in [1.82, 2.24) is 0 Å². The second-order valence-corrected chi connectivity index (χ2v) is 34.4. The molecule has 0 fully saturated rings. The van der Waals surface area contributed by atoms with Crippen LogP contribution in [0.25, 0.3) is 0 Å². The second kappa shape index (κ2) is 72.0. The Labute approximate surface area is 626 Å². The zero-order valence-corrected chi connectivity index (χ0v) is 69.0. The van der Waals surface area contributed by atoms with Crippen molar-refractivity contribution < 1.29 is 80.2 Å². The molecule has 0 radical (unpaired) electrons. The molecule has 0 heterocycles. The van der Waals surface area contributed by atoms with E-state index in [0.29, 0.717) is 25.7 Å². The molecule has 0 spiro atoms. The van der Waals surface area contributed by atoms with Crippen LogP contribution in [0.2, 0.25) is 0 Å². The summed E-state index contributed by atoms with van der Waals surface area (Å²) in [6, 6.07) is 0. The number of aliphatic hydroxyl groups excluding tert-OH is 1. The second-order valence-electron chi connectivity index (χ2n) is 31.5. The van der Waals surface area contributed by atoms with Crippen molar-refractivity contribution in [2.24, 2.45) is 23.7 Å².